The SMILES string of the molecule is CNC(=S)Nc1cc(/C=C/C(=O)O)ccc1Cl. The minimum absolute atomic E-state index is 0.436. The van der Waals surface area contributed by atoms with E-state index in [1.54, 1.807) is 25.2 Å². The molecule has 90 valence electrons. The van der Waals surface area contributed by atoms with Crippen LogP contribution in [0.15, 0.2) is 24.3 Å². The van der Waals surface area contributed by atoms with Gasteiger partial charge in [-0.25, -0.2) is 4.79 Å². The van der Waals surface area contributed by atoms with Crippen LogP contribution < -0.4 is 10.6 Å². The number of rotatable bonds is 3. The number of halogens is 1. The molecule has 0 bridgehead atoms. The maximum absolute atomic E-state index is 10.4. The summed E-state index contributed by atoms with van der Waals surface area (Å²) in [6.45, 7) is 0. The quantitative estimate of drug-likeness (QED) is 0.581. The molecule has 0 saturated carbocycles. The number of carboxylic acid groups (broad SMARTS) is 1. The highest BCUT2D eigenvalue weighted by Crippen LogP contribution is 2.23. The van der Waals surface area contributed by atoms with Crippen molar-refractivity contribution in [3.8, 4) is 0 Å². The predicted octanol–water partition coefficient (Wildman–Crippen LogP) is 2.35. The van der Waals surface area contributed by atoms with Gasteiger partial charge in [0, 0.05) is 13.1 Å². The molecular weight excluding hydrogens is 260 g/mol. The Kier molecular flexibility index (Phi) is 4.93. The van der Waals surface area contributed by atoms with Gasteiger partial charge < -0.3 is 15.7 Å². The number of carbonyl (C=O) groups is 1. The molecule has 0 fully saturated rings. The molecule has 0 unspecified atom stereocenters. The minimum Gasteiger partial charge on any atom is -0.478 e. The summed E-state index contributed by atoms with van der Waals surface area (Å²) in [5.74, 6) is -1.000. The summed E-state index contributed by atoms with van der Waals surface area (Å²) in [6, 6.07) is 5.10. The summed E-state index contributed by atoms with van der Waals surface area (Å²) in [4.78, 5) is 10.4. The Balaban J connectivity index is 2.94. The van der Waals surface area contributed by atoms with Gasteiger partial charge in [-0.05, 0) is 36.0 Å². The van der Waals surface area contributed by atoms with E-state index in [1.165, 1.54) is 6.08 Å². The molecule has 0 saturated heterocycles. The van der Waals surface area contributed by atoms with Crippen LogP contribution in [0.4, 0.5) is 5.69 Å². The third kappa shape index (κ3) is 4.42. The van der Waals surface area contributed by atoms with E-state index in [2.05, 4.69) is 10.6 Å². The third-order valence-corrected chi connectivity index (χ3v) is 2.52. The van der Waals surface area contributed by atoms with Crippen molar-refractivity contribution in [1.29, 1.82) is 0 Å². The molecule has 0 atom stereocenters. The van der Waals surface area contributed by atoms with Crippen molar-refractivity contribution < 1.29 is 9.90 Å². The van der Waals surface area contributed by atoms with E-state index in [9.17, 15) is 4.79 Å². The topological polar surface area (TPSA) is 61.4 Å². The highest BCUT2D eigenvalue weighted by atomic mass is 35.5. The second-order valence-corrected chi connectivity index (χ2v) is 3.93. The van der Waals surface area contributed by atoms with Crippen LogP contribution in [-0.2, 0) is 4.79 Å². The van der Waals surface area contributed by atoms with E-state index in [0.717, 1.165) is 11.6 Å². The van der Waals surface area contributed by atoms with Crippen molar-refractivity contribution in [1.82, 2.24) is 5.32 Å². The van der Waals surface area contributed by atoms with E-state index in [0.29, 0.717) is 15.8 Å². The Morgan fingerprint density at radius 1 is 1.53 bits per heavy atom. The molecule has 17 heavy (non-hydrogen) atoms. The van der Waals surface area contributed by atoms with E-state index >= 15 is 0 Å². The molecule has 1 aromatic carbocycles. The molecule has 0 aromatic heterocycles. The Hall–Kier alpha value is -1.59. The number of carboxylic acids is 1. The van der Waals surface area contributed by atoms with Gasteiger partial charge in [-0.2, -0.15) is 0 Å². The van der Waals surface area contributed by atoms with Crippen LogP contribution in [0.2, 0.25) is 5.02 Å². The second-order valence-electron chi connectivity index (χ2n) is 3.11. The lowest BCUT2D eigenvalue weighted by molar-refractivity contribution is -0.131. The lowest BCUT2D eigenvalue weighted by Crippen LogP contribution is -2.24. The lowest BCUT2D eigenvalue weighted by Gasteiger charge is -2.09. The van der Waals surface area contributed by atoms with Crippen molar-refractivity contribution in [2.45, 2.75) is 0 Å². The monoisotopic (exact) mass is 270 g/mol. The molecule has 4 nitrogen and oxygen atoms in total. The van der Waals surface area contributed by atoms with Gasteiger partial charge in [-0.3, -0.25) is 0 Å². The first-order chi connectivity index (χ1) is 8.02. The Bertz CT molecular complexity index is 475. The molecule has 0 aliphatic carbocycles. The second kappa shape index (κ2) is 6.22. The highest BCUT2D eigenvalue weighted by molar-refractivity contribution is 7.80. The molecule has 1 rings (SSSR count). The number of benzene rings is 1. The number of hydrogen-bond acceptors (Lipinski definition) is 2. The molecule has 0 radical (unpaired) electrons. The zero-order chi connectivity index (χ0) is 12.8. The van der Waals surface area contributed by atoms with Crippen LogP contribution in [-0.4, -0.2) is 23.2 Å². The normalized spacial score (nSPS) is 10.2. The van der Waals surface area contributed by atoms with Crippen molar-refractivity contribution in [2.75, 3.05) is 12.4 Å². The van der Waals surface area contributed by atoms with E-state index in [-0.39, 0.29) is 0 Å². The third-order valence-electron chi connectivity index (χ3n) is 1.88. The first-order valence-electron chi connectivity index (χ1n) is 4.72. The predicted molar refractivity (Wildman–Crippen MR) is 73.4 cm³/mol. The highest BCUT2D eigenvalue weighted by Gasteiger charge is 2.02. The molecule has 0 spiro atoms. The van der Waals surface area contributed by atoms with E-state index < -0.39 is 5.97 Å². The lowest BCUT2D eigenvalue weighted by atomic mass is 10.2. The van der Waals surface area contributed by atoms with Gasteiger partial charge in [0.25, 0.3) is 0 Å². The molecular formula is C11H11ClN2O2S. The smallest absolute Gasteiger partial charge is 0.328 e. The van der Waals surface area contributed by atoms with Crippen LogP contribution in [0.3, 0.4) is 0 Å². The van der Waals surface area contributed by atoms with Gasteiger partial charge in [0.15, 0.2) is 5.11 Å². The fourth-order valence-corrected chi connectivity index (χ4v) is 1.37. The minimum atomic E-state index is -1.000. The van der Waals surface area contributed by atoms with E-state index in [1.807, 2.05) is 0 Å². The molecule has 0 heterocycles. The molecule has 1 aromatic rings. The van der Waals surface area contributed by atoms with Gasteiger partial charge in [0.05, 0.1) is 10.7 Å². The van der Waals surface area contributed by atoms with Gasteiger partial charge >= 0.3 is 5.97 Å². The van der Waals surface area contributed by atoms with Crippen LogP contribution in [0, 0.1) is 0 Å². The molecule has 0 aliphatic heterocycles. The summed E-state index contributed by atoms with van der Waals surface area (Å²) >= 11 is 10.9. The summed E-state index contributed by atoms with van der Waals surface area (Å²) in [5, 5.41) is 15.1. The van der Waals surface area contributed by atoms with Crippen LogP contribution in [0.1, 0.15) is 5.56 Å². The number of hydrogen-bond donors (Lipinski definition) is 3. The number of anilines is 1. The summed E-state index contributed by atoms with van der Waals surface area (Å²) in [6.07, 6.45) is 2.54. The first-order valence-corrected chi connectivity index (χ1v) is 5.51. The van der Waals surface area contributed by atoms with Gasteiger partial charge in [0.1, 0.15) is 0 Å². The largest absolute Gasteiger partial charge is 0.478 e. The van der Waals surface area contributed by atoms with Crippen LogP contribution >= 0.6 is 23.8 Å². The van der Waals surface area contributed by atoms with Crippen molar-refractivity contribution in [3.63, 3.8) is 0 Å². The van der Waals surface area contributed by atoms with Gasteiger partial charge in [-0.15, -0.1) is 0 Å². The zero-order valence-corrected chi connectivity index (χ0v) is 10.6. The average Bonchev–Trinajstić information content (AvgIpc) is 2.29. The van der Waals surface area contributed by atoms with Gasteiger partial charge in [0.2, 0.25) is 0 Å². The van der Waals surface area contributed by atoms with Crippen LogP contribution in [0.5, 0.6) is 0 Å². The maximum atomic E-state index is 10.4. The van der Waals surface area contributed by atoms with Crippen molar-refractivity contribution in [2.24, 2.45) is 0 Å². The van der Waals surface area contributed by atoms with Crippen LogP contribution in [0.25, 0.3) is 6.08 Å². The van der Waals surface area contributed by atoms with Gasteiger partial charge in [-0.1, -0.05) is 17.7 Å². The number of nitrogens with one attached hydrogen (secondary N) is 2. The summed E-state index contributed by atoms with van der Waals surface area (Å²) < 4.78 is 0. The zero-order valence-electron chi connectivity index (χ0n) is 9.03. The summed E-state index contributed by atoms with van der Waals surface area (Å²) in [5.41, 5.74) is 1.34. The maximum Gasteiger partial charge on any atom is 0.328 e. The Morgan fingerprint density at radius 3 is 2.82 bits per heavy atom. The Labute approximate surface area is 109 Å². The van der Waals surface area contributed by atoms with Crippen molar-refractivity contribution in [3.05, 3.63) is 34.9 Å². The first kappa shape index (κ1) is 13.5. The van der Waals surface area contributed by atoms with E-state index in [4.69, 9.17) is 28.9 Å². The fraction of sp³-hybridized carbons (Fsp3) is 0.0909. The molecule has 3 N–H and O–H groups in total. The molecule has 0 aliphatic rings. The average molecular weight is 271 g/mol. The number of thiocarbonyl (C=S) groups is 1. The molecule has 6 heteroatoms. The number of aliphatic carboxylic acids is 1. The van der Waals surface area contributed by atoms with Crippen molar-refractivity contribution >= 4 is 46.7 Å². The molecule has 0 amide bonds. The standard InChI is InChI=1S/C11H11ClN2O2S/c1-13-11(17)14-9-6-7(2-4-8(9)12)3-5-10(15)16/h2-6H,1H3,(H,15,16)(H2,13,14,17)/b5-3+. The Morgan fingerprint density at radius 2 is 2.24 bits per heavy atom. The fourth-order valence-electron chi connectivity index (χ4n) is 1.09. The summed E-state index contributed by atoms with van der Waals surface area (Å²) in [7, 11) is 1.69.